The lowest BCUT2D eigenvalue weighted by atomic mass is 10.1. The number of hydrogen-bond acceptors (Lipinski definition) is 7. The highest BCUT2D eigenvalue weighted by Crippen LogP contribution is 2.32. The molecule has 3 aromatic rings. The van der Waals surface area contributed by atoms with E-state index in [4.69, 9.17) is 4.42 Å². The fourth-order valence-electron chi connectivity index (χ4n) is 2.90. The van der Waals surface area contributed by atoms with E-state index in [-0.39, 0.29) is 23.7 Å². The molecule has 1 aliphatic heterocycles. The van der Waals surface area contributed by atoms with Crippen molar-refractivity contribution in [1.29, 1.82) is 0 Å². The Balaban J connectivity index is 1.44. The van der Waals surface area contributed by atoms with E-state index >= 15 is 0 Å². The van der Waals surface area contributed by atoms with Gasteiger partial charge in [-0.05, 0) is 42.0 Å². The molecule has 1 aliphatic rings. The van der Waals surface area contributed by atoms with Gasteiger partial charge in [-0.1, -0.05) is 11.2 Å². The maximum atomic E-state index is 12.4. The van der Waals surface area contributed by atoms with Gasteiger partial charge in [-0.3, -0.25) is 14.9 Å². The second-order valence-corrected chi connectivity index (χ2v) is 7.81. The summed E-state index contributed by atoms with van der Waals surface area (Å²) in [7, 11) is 0. The number of thioether (sulfide) groups is 1. The van der Waals surface area contributed by atoms with Gasteiger partial charge in [0.1, 0.15) is 0 Å². The van der Waals surface area contributed by atoms with Crippen LogP contribution < -0.4 is 10.2 Å². The number of aromatic nitrogens is 2. The minimum atomic E-state index is -0.293. The first-order valence-corrected chi connectivity index (χ1v) is 10.4. The van der Waals surface area contributed by atoms with Gasteiger partial charge in [-0.15, -0.1) is 28.2 Å². The van der Waals surface area contributed by atoms with Crippen molar-refractivity contribution in [2.45, 2.75) is 17.2 Å². The lowest BCUT2D eigenvalue weighted by Gasteiger charge is -2.16. The SMILES string of the molecule is CSc1ccc(N2C[C@H](c3nnc(NC(=O)c4cccs4)o3)CC2=O)cc1. The Kier molecular flexibility index (Phi) is 4.95. The molecule has 9 heteroatoms. The fraction of sp³-hybridized carbons (Fsp3) is 0.222. The molecule has 27 heavy (non-hydrogen) atoms. The van der Waals surface area contributed by atoms with Crippen LogP contribution in [-0.2, 0) is 4.79 Å². The molecule has 1 atom stereocenters. The number of benzene rings is 1. The second kappa shape index (κ2) is 7.53. The topological polar surface area (TPSA) is 88.3 Å². The van der Waals surface area contributed by atoms with E-state index in [1.165, 1.54) is 11.3 Å². The molecule has 7 nitrogen and oxygen atoms in total. The third-order valence-electron chi connectivity index (χ3n) is 4.26. The summed E-state index contributed by atoms with van der Waals surface area (Å²) in [6, 6.07) is 11.4. The van der Waals surface area contributed by atoms with E-state index in [1.54, 1.807) is 28.8 Å². The standard InChI is InChI=1S/C18H16N4O3S2/c1-26-13-6-4-12(5-7-13)22-10-11(9-15(22)23)17-20-21-18(25-17)19-16(24)14-3-2-8-27-14/h2-8,11H,9-10H2,1H3,(H,19,21,24)/t11-/m1/s1. The number of thiophene rings is 1. The van der Waals surface area contributed by atoms with Crippen LogP contribution in [0.2, 0.25) is 0 Å². The highest BCUT2D eigenvalue weighted by Gasteiger charge is 2.35. The predicted molar refractivity (Wildman–Crippen MR) is 105 cm³/mol. The molecule has 3 heterocycles. The van der Waals surface area contributed by atoms with Gasteiger partial charge in [0.2, 0.25) is 11.8 Å². The first-order valence-electron chi connectivity index (χ1n) is 8.26. The molecule has 0 aliphatic carbocycles. The summed E-state index contributed by atoms with van der Waals surface area (Å²) in [5, 5.41) is 12.3. The molecule has 2 aromatic heterocycles. The number of nitrogens with one attached hydrogen (secondary N) is 1. The maximum Gasteiger partial charge on any atom is 0.322 e. The summed E-state index contributed by atoms with van der Waals surface area (Å²) in [6.45, 7) is 0.470. The van der Waals surface area contributed by atoms with Crippen LogP contribution in [0.4, 0.5) is 11.7 Å². The Labute approximate surface area is 163 Å². The minimum Gasteiger partial charge on any atom is -0.407 e. The number of carbonyl (C=O) groups excluding carboxylic acids is 2. The van der Waals surface area contributed by atoms with Gasteiger partial charge in [0.25, 0.3) is 5.91 Å². The molecular weight excluding hydrogens is 384 g/mol. The van der Waals surface area contributed by atoms with Gasteiger partial charge in [0.05, 0.1) is 10.8 Å². The molecular formula is C18H16N4O3S2. The van der Waals surface area contributed by atoms with E-state index in [9.17, 15) is 9.59 Å². The minimum absolute atomic E-state index is 0.0132. The molecule has 2 amide bonds. The third-order valence-corrected chi connectivity index (χ3v) is 5.88. The van der Waals surface area contributed by atoms with Gasteiger partial charge in [-0.2, -0.15) is 0 Å². The lowest BCUT2D eigenvalue weighted by molar-refractivity contribution is -0.117. The van der Waals surface area contributed by atoms with Crippen LogP contribution >= 0.6 is 23.1 Å². The number of nitrogens with zero attached hydrogens (tertiary/aromatic N) is 3. The third kappa shape index (κ3) is 3.74. The molecule has 4 rings (SSSR count). The second-order valence-electron chi connectivity index (χ2n) is 5.98. The van der Waals surface area contributed by atoms with Crippen molar-refractivity contribution in [3.8, 4) is 0 Å². The zero-order valence-corrected chi connectivity index (χ0v) is 16.0. The predicted octanol–water partition coefficient (Wildman–Crippen LogP) is 3.63. The molecule has 0 spiro atoms. The van der Waals surface area contributed by atoms with E-state index in [2.05, 4.69) is 15.5 Å². The van der Waals surface area contributed by atoms with E-state index in [0.29, 0.717) is 23.7 Å². The van der Waals surface area contributed by atoms with Crippen molar-refractivity contribution in [2.24, 2.45) is 0 Å². The van der Waals surface area contributed by atoms with Crippen LogP contribution in [0.3, 0.4) is 0 Å². The summed E-state index contributed by atoms with van der Waals surface area (Å²) in [5.41, 5.74) is 0.853. The van der Waals surface area contributed by atoms with Gasteiger partial charge in [-0.25, -0.2) is 0 Å². The molecule has 1 saturated heterocycles. The van der Waals surface area contributed by atoms with Crippen LogP contribution in [0.25, 0.3) is 0 Å². The van der Waals surface area contributed by atoms with E-state index in [1.807, 2.05) is 35.9 Å². The number of anilines is 2. The van der Waals surface area contributed by atoms with Crippen molar-refractivity contribution in [3.05, 3.63) is 52.5 Å². The number of amides is 2. The molecule has 0 saturated carbocycles. The Hall–Kier alpha value is -2.65. The van der Waals surface area contributed by atoms with Gasteiger partial charge < -0.3 is 9.32 Å². The van der Waals surface area contributed by atoms with Crippen LogP contribution in [0.5, 0.6) is 0 Å². The summed E-state index contributed by atoms with van der Waals surface area (Å²) in [5.74, 6) is -0.122. The van der Waals surface area contributed by atoms with Crippen molar-refractivity contribution in [2.75, 3.05) is 23.0 Å². The van der Waals surface area contributed by atoms with E-state index in [0.717, 1.165) is 10.6 Å². The average Bonchev–Trinajstić information content (AvgIpc) is 3.42. The van der Waals surface area contributed by atoms with Crippen molar-refractivity contribution in [3.63, 3.8) is 0 Å². The van der Waals surface area contributed by atoms with E-state index < -0.39 is 0 Å². The summed E-state index contributed by atoms with van der Waals surface area (Å²) < 4.78 is 5.57. The van der Waals surface area contributed by atoms with Gasteiger partial charge in [0, 0.05) is 23.5 Å². The number of hydrogen-bond donors (Lipinski definition) is 1. The Bertz CT molecular complexity index is 953. The molecule has 0 radical (unpaired) electrons. The summed E-state index contributed by atoms with van der Waals surface area (Å²) in [6.07, 6.45) is 2.31. The average molecular weight is 400 g/mol. The van der Waals surface area contributed by atoms with Crippen molar-refractivity contribution >= 4 is 46.6 Å². The molecule has 1 fully saturated rings. The first kappa shape index (κ1) is 17.7. The highest BCUT2D eigenvalue weighted by atomic mass is 32.2. The fourth-order valence-corrected chi connectivity index (χ4v) is 3.93. The Morgan fingerprint density at radius 2 is 2.11 bits per heavy atom. The smallest absolute Gasteiger partial charge is 0.322 e. The maximum absolute atomic E-state index is 12.4. The largest absolute Gasteiger partial charge is 0.407 e. The lowest BCUT2D eigenvalue weighted by Crippen LogP contribution is -2.24. The van der Waals surface area contributed by atoms with Crippen LogP contribution in [0.1, 0.15) is 27.9 Å². The zero-order chi connectivity index (χ0) is 18.8. The highest BCUT2D eigenvalue weighted by molar-refractivity contribution is 7.98. The molecule has 0 bridgehead atoms. The normalized spacial score (nSPS) is 16.7. The van der Waals surface area contributed by atoms with Crippen molar-refractivity contribution < 1.29 is 14.0 Å². The summed E-state index contributed by atoms with van der Waals surface area (Å²) >= 11 is 2.98. The Morgan fingerprint density at radius 3 is 2.81 bits per heavy atom. The summed E-state index contributed by atoms with van der Waals surface area (Å²) in [4.78, 5) is 27.9. The monoisotopic (exact) mass is 400 g/mol. The molecule has 1 aromatic carbocycles. The molecule has 1 N–H and O–H groups in total. The van der Waals surface area contributed by atoms with Crippen LogP contribution in [-0.4, -0.2) is 34.8 Å². The zero-order valence-electron chi connectivity index (χ0n) is 14.4. The Morgan fingerprint density at radius 1 is 1.30 bits per heavy atom. The van der Waals surface area contributed by atoms with Crippen LogP contribution in [0, 0.1) is 0 Å². The number of carbonyl (C=O) groups is 2. The quantitative estimate of drug-likeness (QED) is 0.658. The van der Waals surface area contributed by atoms with Gasteiger partial charge in [0.15, 0.2) is 0 Å². The van der Waals surface area contributed by atoms with Crippen LogP contribution in [0.15, 0.2) is 51.1 Å². The molecule has 138 valence electrons. The van der Waals surface area contributed by atoms with Crippen molar-refractivity contribution in [1.82, 2.24) is 10.2 Å². The molecule has 0 unspecified atom stereocenters. The first-order chi connectivity index (χ1) is 13.1. The number of rotatable bonds is 5. The van der Waals surface area contributed by atoms with Gasteiger partial charge >= 0.3 is 6.01 Å².